The molecule has 0 spiro atoms. The lowest BCUT2D eigenvalue weighted by Crippen LogP contribution is -2.47. The van der Waals surface area contributed by atoms with Crippen LogP contribution in [-0.2, 0) is 4.74 Å². The van der Waals surface area contributed by atoms with Crippen molar-refractivity contribution in [3.63, 3.8) is 0 Å². The van der Waals surface area contributed by atoms with Gasteiger partial charge in [0.15, 0.2) is 6.23 Å². The van der Waals surface area contributed by atoms with Crippen molar-refractivity contribution in [1.29, 1.82) is 0 Å². The predicted molar refractivity (Wildman–Crippen MR) is 96.6 cm³/mol. The van der Waals surface area contributed by atoms with Crippen molar-refractivity contribution in [1.82, 2.24) is 19.5 Å². The van der Waals surface area contributed by atoms with E-state index in [4.69, 9.17) is 10.5 Å². The molecular formula is C18H19F2N5O4. The summed E-state index contributed by atoms with van der Waals surface area (Å²) in [4.78, 5) is 11.9. The molecule has 1 aliphatic heterocycles. The first-order valence-electron chi connectivity index (χ1n) is 8.76. The van der Waals surface area contributed by atoms with Gasteiger partial charge in [0.2, 0.25) is 0 Å². The fraction of sp³-hybridized carbons (Fsp3) is 0.389. The van der Waals surface area contributed by atoms with E-state index in [1.54, 1.807) is 12.3 Å². The SMILES string of the molecule is C[C@@]1(O)[C@@H]([C@H](O)c2cc(C(F)F)ccn2)O[C@@H](n2ccc3c(N)ncnc32)[C@@H]1O. The number of fused-ring (bicyclic) bond motifs is 1. The standard InChI is InChI=1S/C18H19F2N5O4/c1-18(28)12(27)17(25-5-3-9-15(21)23-7-24-16(9)25)29-13(18)11(26)10-6-8(14(19)20)2-4-22-10/h2-7,11-14,17,26-28H,1H3,(H2,21,23,24)/t11-,12+,13-,17-,18+/m1/s1. The number of aromatic nitrogens is 4. The molecule has 29 heavy (non-hydrogen) atoms. The Morgan fingerprint density at radius 3 is 2.76 bits per heavy atom. The van der Waals surface area contributed by atoms with Gasteiger partial charge in [-0.1, -0.05) is 0 Å². The van der Waals surface area contributed by atoms with Crippen molar-refractivity contribution in [2.75, 3.05) is 5.73 Å². The van der Waals surface area contributed by atoms with E-state index in [1.165, 1.54) is 17.8 Å². The number of aliphatic hydroxyl groups is 3. The molecule has 0 saturated carbocycles. The number of alkyl halides is 2. The van der Waals surface area contributed by atoms with Crippen LogP contribution in [0.5, 0.6) is 0 Å². The Kier molecular flexibility index (Phi) is 4.69. The van der Waals surface area contributed by atoms with Crippen LogP contribution in [0.1, 0.15) is 36.9 Å². The van der Waals surface area contributed by atoms with Crippen LogP contribution in [0.15, 0.2) is 36.9 Å². The number of rotatable bonds is 4. The second kappa shape index (κ2) is 6.95. The summed E-state index contributed by atoms with van der Waals surface area (Å²) in [5.74, 6) is 0.234. The summed E-state index contributed by atoms with van der Waals surface area (Å²) in [6.45, 7) is 1.29. The Bertz CT molecular complexity index is 1040. The smallest absolute Gasteiger partial charge is 0.263 e. The predicted octanol–water partition coefficient (Wildman–Crippen LogP) is 1.09. The van der Waals surface area contributed by atoms with Gasteiger partial charge in [-0.25, -0.2) is 18.7 Å². The summed E-state index contributed by atoms with van der Waals surface area (Å²) in [7, 11) is 0. The fourth-order valence-electron chi connectivity index (χ4n) is 3.55. The van der Waals surface area contributed by atoms with Crippen molar-refractivity contribution in [3.05, 3.63) is 48.2 Å². The second-order valence-electron chi connectivity index (χ2n) is 7.10. The Morgan fingerprint density at radius 2 is 2.03 bits per heavy atom. The summed E-state index contributed by atoms with van der Waals surface area (Å²) >= 11 is 0. The quantitative estimate of drug-likeness (QED) is 0.504. The van der Waals surface area contributed by atoms with Gasteiger partial charge in [0.05, 0.1) is 11.1 Å². The Balaban J connectivity index is 1.69. The van der Waals surface area contributed by atoms with Crippen molar-refractivity contribution in [3.8, 4) is 0 Å². The van der Waals surface area contributed by atoms with Crippen LogP contribution < -0.4 is 5.73 Å². The van der Waals surface area contributed by atoms with Gasteiger partial charge in [-0.15, -0.1) is 0 Å². The Hall–Kier alpha value is -2.73. The van der Waals surface area contributed by atoms with Crippen LogP contribution in [0.3, 0.4) is 0 Å². The zero-order valence-electron chi connectivity index (χ0n) is 15.2. The van der Waals surface area contributed by atoms with Crippen LogP contribution >= 0.6 is 0 Å². The number of ether oxygens (including phenoxy) is 1. The van der Waals surface area contributed by atoms with Crippen LogP contribution in [-0.4, -0.2) is 52.6 Å². The van der Waals surface area contributed by atoms with Crippen molar-refractivity contribution in [2.45, 2.75) is 43.5 Å². The summed E-state index contributed by atoms with van der Waals surface area (Å²) in [6, 6.07) is 3.79. The molecule has 0 aromatic carbocycles. The highest BCUT2D eigenvalue weighted by Gasteiger charge is 2.56. The molecule has 0 unspecified atom stereocenters. The molecule has 5 atom stereocenters. The highest BCUT2D eigenvalue weighted by atomic mass is 19.3. The lowest BCUT2D eigenvalue weighted by Gasteiger charge is -2.29. The molecule has 5 N–H and O–H groups in total. The minimum Gasteiger partial charge on any atom is -0.385 e. The number of hydrogen-bond donors (Lipinski definition) is 4. The third kappa shape index (κ3) is 3.12. The van der Waals surface area contributed by atoms with E-state index in [1.807, 2.05) is 0 Å². The third-order valence-electron chi connectivity index (χ3n) is 5.19. The maximum absolute atomic E-state index is 13.0. The van der Waals surface area contributed by atoms with Gasteiger partial charge in [-0.2, -0.15) is 0 Å². The van der Waals surface area contributed by atoms with E-state index in [-0.39, 0.29) is 17.1 Å². The molecule has 3 aromatic rings. The molecule has 9 nitrogen and oxygen atoms in total. The van der Waals surface area contributed by atoms with Gasteiger partial charge >= 0.3 is 0 Å². The van der Waals surface area contributed by atoms with Gasteiger partial charge in [0, 0.05) is 18.0 Å². The van der Waals surface area contributed by atoms with Gasteiger partial charge in [0.1, 0.15) is 41.7 Å². The van der Waals surface area contributed by atoms with Gasteiger partial charge < -0.3 is 30.4 Å². The van der Waals surface area contributed by atoms with Crippen LogP contribution in [0.2, 0.25) is 0 Å². The largest absolute Gasteiger partial charge is 0.385 e. The average Bonchev–Trinajstić information content (AvgIpc) is 3.22. The summed E-state index contributed by atoms with van der Waals surface area (Å²) in [5.41, 5.74) is 3.84. The number of nitrogens with two attached hydrogens (primary N) is 1. The molecule has 11 heteroatoms. The third-order valence-corrected chi connectivity index (χ3v) is 5.19. The molecule has 1 saturated heterocycles. The molecule has 1 aliphatic rings. The maximum Gasteiger partial charge on any atom is 0.263 e. The Morgan fingerprint density at radius 1 is 1.28 bits per heavy atom. The van der Waals surface area contributed by atoms with Crippen molar-refractivity contribution in [2.24, 2.45) is 0 Å². The molecular weight excluding hydrogens is 388 g/mol. The number of anilines is 1. The van der Waals surface area contributed by atoms with E-state index < -0.39 is 36.6 Å². The Labute approximate surface area is 163 Å². The van der Waals surface area contributed by atoms with E-state index in [0.29, 0.717) is 11.0 Å². The lowest BCUT2D eigenvalue weighted by molar-refractivity contribution is -0.116. The molecule has 0 amide bonds. The number of nitrogens with zero attached hydrogens (tertiary/aromatic N) is 4. The van der Waals surface area contributed by atoms with E-state index in [9.17, 15) is 24.1 Å². The number of hydrogen-bond acceptors (Lipinski definition) is 8. The minimum atomic E-state index is -2.75. The van der Waals surface area contributed by atoms with Crippen LogP contribution in [0, 0.1) is 0 Å². The van der Waals surface area contributed by atoms with Gasteiger partial charge in [-0.3, -0.25) is 4.98 Å². The monoisotopic (exact) mass is 407 g/mol. The summed E-state index contributed by atoms with van der Waals surface area (Å²) in [6.07, 6.45) is -4.30. The molecule has 0 aliphatic carbocycles. The first-order valence-corrected chi connectivity index (χ1v) is 8.76. The molecule has 4 heterocycles. The lowest BCUT2D eigenvalue weighted by atomic mass is 9.89. The van der Waals surface area contributed by atoms with Gasteiger partial charge in [-0.05, 0) is 25.1 Å². The minimum absolute atomic E-state index is 0.107. The summed E-state index contributed by atoms with van der Waals surface area (Å²) in [5, 5.41) is 32.8. The topological polar surface area (TPSA) is 140 Å². The van der Waals surface area contributed by atoms with Gasteiger partial charge in [0.25, 0.3) is 6.43 Å². The number of pyridine rings is 1. The number of halogens is 2. The first kappa shape index (κ1) is 19.6. The first-order chi connectivity index (χ1) is 13.7. The van der Waals surface area contributed by atoms with Crippen LogP contribution in [0.4, 0.5) is 14.6 Å². The maximum atomic E-state index is 13.0. The highest BCUT2D eigenvalue weighted by Crippen LogP contribution is 2.43. The molecule has 154 valence electrons. The molecule has 0 radical (unpaired) electrons. The molecule has 0 bridgehead atoms. The molecule has 4 rings (SSSR count). The summed E-state index contributed by atoms with van der Waals surface area (Å²) < 4.78 is 33.2. The number of aliphatic hydroxyl groups excluding tert-OH is 2. The zero-order chi connectivity index (χ0) is 20.9. The second-order valence-corrected chi connectivity index (χ2v) is 7.10. The average molecular weight is 407 g/mol. The van der Waals surface area contributed by atoms with E-state index >= 15 is 0 Å². The van der Waals surface area contributed by atoms with Crippen molar-refractivity contribution < 1.29 is 28.8 Å². The normalized spacial score (nSPS) is 28.3. The molecule has 1 fully saturated rings. The van der Waals surface area contributed by atoms with Crippen molar-refractivity contribution >= 4 is 16.9 Å². The molecule has 3 aromatic heterocycles. The fourth-order valence-corrected chi connectivity index (χ4v) is 3.55. The van der Waals surface area contributed by atoms with E-state index in [2.05, 4.69) is 15.0 Å². The zero-order valence-corrected chi connectivity index (χ0v) is 15.2. The number of nitrogen functional groups attached to an aromatic ring is 1. The van der Waals surface area contributed by atoms with E-state index in [0.717, 1.165) is 18.3 Å². The van der Waals surface area contributed by atoms with Crippen LogP contribution in [0.25, 0.3) is 11.0 Å². The highest BCUT2D eigenvalue weighted by molar-refractivity contribution is 5.86.